The van der Waals surface area contributed by atoms with Crippen molar-refractivity contribution in [1.29, 1.82) is 0 Å². The van der Waals surface area contributed by atoms with Gasteiger partial charge in [-0.25, -0.2) is 19.4 Å². The number of nitrogens with zero attached hydrogens (tertiary/aromatic N) is 4. The first-order valence-corrected chi connectivity index (χ1v) is 8.72. The number of aliphatic carboxylic acids is 1. The Morgan fingerprint density at radius 2 is 2.19 bits per heavy atom. The molecule has 3 rings (SSSR count). The van der Waals surface area contributed by atoms with E-state index < -0.39 is 5.97 Å². The van der Waals surface area contributed by atoms with Crippen molar-refractivity contribution in [3.8, 4) is 11.1 Å². The lowest BCUT2D eigenvalue weighted by atomic mass is 9.92. The first-order chi connectivity index (χ1) is 12.4. The minimum atomic E-state index is -1.01. The first-order valence-electron chi connectivity index (χ1n) is 8.34. The van der Waals surface area contributed by atoms with Gasteiger partial charge in [0.2, 0.25) is 0 Å². The summed E-state index contributed by atoms with van der Waals surface area (Å²) in [7, 11) is 0. The second-order valence-corrected chi connectivity index (χ2v) is 6.56. The number of pyridine rings is 2. The lowest BCUT2D eigenvalue weighted by Gasteiger charge is -2.16. The van der Waals surface area contributed by atoms with E-state index >= 15 is 0 Å². The van der Waals surface area contributed by atoms with Gasteiger partial charge in [0.25, 0.3) is 0 Å². The predicted octanol–water partition coefficient (Wildman–Crippen LogP) is 4.39. The van der Waals surface area contributed by atoms with Crippen molar-refractivity contribution in [2.75, 3.05) is 0 Å². The lowest BCUT2D eigenvalue weighted by molar-refractivity contribution is -0.131. The monoisotopic (exact) mass is 370 g/mol. The van der Waals surface area contributed by atoms with Crippen LogP contribution in [0.4, 0.5) is 0 Å². The Hall–Kier alpha value is -2.73. The van der Waals surface area contributed by atoms with Gasteiger partial charge in [-0.2, -0.15) is 5.10 Å². The Morgan fingerprint density at radius 3 is 2.81 bits per heavy atom. The molecule has 0 aromatic carbocycles. The minimum Gasteiger partial charge on any atom is -0.478 e. The summed E-state index contributed by atoms with van der Waals surface area (Å²) in [4.78, 5) is 20.0. The zero-order chi connectivity index (χ0) is 18.8. The fraction of sp³-hybridized carbons (Fsp3) is 0.263. The zero-order valence-electron chi connectivity index (χ0n) is 14.8. The molecule has 0 saturated heterocycles. The smallest absolute Gasteiger partial charge is 0.328 e. The van der Waals surface area contributed by atoms with Gasteiger partial charge >= 0.3 is 5.97 Å². The number of hydrogen-bond donors (Lipinski definition) is 1. The normalized spacial score (nSPS) is 11.7. The van der Waals surface area contributed by atoms with Crippen LogP contribution in [-0.2, 0) is 11.3 Å². The SMILES string of the molecule is CCn1ncc2c(-c3ccnc(Cl)c3)c(/C=C/C(=O)O)c(C(C)C)nc21. The third-order valence-electron chi connectivity index (χ3n) is 4.11. The quantitative estimate of drug-likeness (QED) is 0.532. The van der Waals surface area contributed by atoms with E-state index in [-0.39, 0.29) is 5.92 Å². The molecule has 3 aromatic heterocycles. The van der Waals surface area contributed by atoms with Crippen LogP contribution in [-0.4, -0.2) is 30.8 Å². The average molecular weight is 371 g/mol. The lowest BCUT2D eigenvalue weighted by Crippen LogP contribution is -2.04. The van der Waals surface area contributed by atoms with Crippen LogP contribution < -0.4 is 0 Å². The molecule has 6 nitrogen and oxygen atoms in total. The summed E-state index contributed by atoms with van der Waals surface area (Å²) < 4.78 is 1.83. The second kappa shape index (κ2) is 7.25. The molecule has 0 spiro atoms. The van der Waals surface area contributed by atoms with E-state index in [4.69, 9.17) is 21.7 Å². The maximum Gasteiger partial charge on any atom is 0.328 e. The number of rotatable bonds is 5. The summed E-state index contributed by atoms with van der Waals surface area (Å²) in [5, 5.41) is 14.8. The molecule has 7 heteroatoms. The van der Waals surface area contributed by atoms with Crippen molar-refractivity contribution >= 4 is 34.7 Å². The van der Waals surface area contributed by atoms with E-state index in [0.717, 1.165) is 39.5 Å². The summed E-state index contributed by atoms with van der Waals surface area (Å²) >= 11 is 6.10. The maximum absolute atomic E-state index is 11.1. The molecule has 0 aliphatic carbocycles. The number of hydrogen-bond acceptors (Lipinski definition) is 4. The summed E-state index contributed by atoms with van der Waals surface area (Å²) in [6.07, 6.45) is 6.12. The number of carboxylic acid groups (broad SMARTS) is 1. The highest BCUT2D eigenvalue weighted by molar-refractivity contribution is 6.29. The highest BCUT2D eigenvalue weighted by Gasteiger charge is 2.20. The number of carboxylic acids is 1. The van der Waals surface area contributed by atoms with E-state index in [1.807, 2.05) is 31.5 Å². The van der Waals surface area contributed by atoms with Crippen molar-refractivity contribution in [3.63, 3.8) is 0 Å². The molecular weight excluding hydrogens is 352 g/mol. The molecule has 134 valence electrons. The van der Waals surface area contributed by atoms with E-state index in [9.17, 15) is 4.79 Å². The largest absolute Gasteiger partial charge is 0.478 e. The van der Waals surface area contributed by atoms with Gasteiger partial charge in [0.1, 0.15) is 5.15 Å². The topological polar surface area (TPSA) is 80.9 Å². The standard InChI is InChI=1S/C19H19ClN4O2/c1-4-24-19-14(10-22-24)17(12-7-8-21-15(20)9-12)13(5-6-16(25)26)18(23-19)11(2)3/h5-11H,4H2,1-3H3,(H,25,26)/b6-5+. The summed E-state index contributed by atoms with van der Waals surface area (Å²) in [5.74, 6) is -0.910. The van der Waals surface area contributed by atoms with Crippen LogP contribution in [0.3, 0.4) is 0 Å². The van der Waals surface area contributed by atoms with Crippen molar-refractivity contribution in [3.05, 3.63) is 47.0 Å². The van der Waals surface area contributed by atoms with E-state index in [1.54, 1.807) is 24.5 Å². The van der Waals surface area contributed by atoms with Gasteiger partial charge < -0.3 is 5.11 Å². The Labute approximate surface area is 156 Å². The van der Waals surface area contributed by atoms with Crippen LogP contribution in [0.1, 0.15) is 37.9 Å². The van der Waals surface area contributed by atoms with E-state index in [1.165, 1.54) is 0 Å². The number of fused-ring (bicyclic) bond motifs is 1. The molecule has 0 fully saturated rings. The van der Waals surface area contributed by atoms with Crippen LogP contribution >= 0.6 is 11.6 Å². The molecule has 0 atom stereocenters. The maximum atomic E-state index is 11.1. The van der Waals surface area contributed by atoms with E-state index in [2.05, 4.69) is 10.1 Å². The summed E-state index contributed by atoms with van der Waals surface area (Å²) in [6.45, 7) is 6.75. The zero-order valence-corrected chi connectivity index (χ0v) is 15.5. The van der Waals surface area contributed by atoms with Crippen LogP contribution in [0.5, 0.6) is 0 Å². The molecular formula is C19H19ClN4O2. The third-order valence-corrected chi connectivity index (χ3v) is 4.31. The van der Waals surface area contributed by atoms with E-state index in [0.29, 0.717) is 11.7 Å². The fourth-order valence-electron chi connectivity index (χ4n) is 2.98. The second-order valence-electron chi connectivity index (χ2n) is 6.18. The molecule has 26 heavy (non-hydrogen) atoms. The number of aromatic nitrogens is 4. The van der Waals surface area contributed by atoms with Gasteiger partial charge in [0.05, 0.1) is 11.9 Å². The number of halogens is 1. The number of aryl methyl sites for hydroxylation is 1. The molecule has 0 radical (unpaired) electrons. The molecule has 0 bridgehead atoms. The van der Waals surface area contributed by atoms with Crippen molar-refractivity contribution in [1.82, 2.24) is 19.7 Å². The van der Waals surface area contributed by atoms with Gasteiger partial charge in [-0.1, -0.05) is 25.4 Å². The Kier molecular flexibility index (Phi) is 5.04. The van der Waals surface area contributed by atoms with Crippen molar-refractivity contribution in [2.45, 2.75) is 33.2 Å². The predicted molar refractivity (Wildman–Crippen MR) is 102 cm³/mol. The van der Waals surface area contributed by atoms with Gasteiger partial charge in [-0.05, 0) is 36.6 Å². The highest BCUT2D eigenvalue weighted by Crippen LogP contribution is 2.36. The molecule has 0 unspecified atom stereocenters. The molecule has 0 amide bonds. The first kappa shape index (κ1) is 18.1. The van der Waals surface area contributed by atoms with Crippen molar-refractivity contribution in [2.24, 2.45) is 0 Å². The minimum absolute atomic E-state index is 0.101. The van der Waals surface area contributed by atoms with Crippen LogP contribution in [0.15, 0.2) is 30.6 Å². The van der Waals surface area contributed by atoms with Crippen LogP contribution in [0.2, 0.25) is 5.15 Å². The van der Waals surface area contributed by atoms with Crippen molar-refractivity contribution < 1.29 is 9.90 Å². The Bertz CT molecular complexity index is 1010. The number of carbonyl (C=O) groups is 1. The summed E-state index contributed by atoms with van der Waals surface area (Å²) in [5.41, 5.74) is 4.05. The molecule has 0 saturated carbocycles. The molecule has 1 N–H and O–H groups in total. The highest BCUT2D eigenvalue weighted by atomic mass is 35.5. The van der Waals surface area contributed by atoms with Crippen LogP contribution in [0, 0.1) is 0 Å². The fourth-order valence-corrected chi connectivity index (χ4v) is 3.16. The Balaban J connectivity index is 2.45. The van der Waals surface area contributed by atoms with Gasteiger partial charge in [-0.15, -0.1) is 0 Å². The molecule has 3 heterocycles. The molecule has 3 aromatic rings. The van der Waals surface area contributed by atoms with Crippen LogP contribution in [0.25, 0.3) is 28.2 Å². The Morgan fingerprint density at radius 1 is 1.42 bits per heavy atom. The van der Waals surface area contributed by atoms with Gasteiger partial charge in [-0.3, -0.25) is 0 Å². The summed E-state index contributed by atoms with van der Waals surface area (Å²) in [6, 6.07) is 3.62. The van der Waals surface area contributed by atoms with Gasteiger partial charge in [0.15, 0.2) is 5.65 Å². The van der Waals surface area contributed by atoms with Gasteiger partial charge in [0, 0.05) is 35.3 Å². The molecule has 0 aliphatic rings. The average Bonchev–Trinajstić information content (AvgIpc) is 3.01. The third kappa shape index (κ3) is 3.32. The molecule has 0 aliphatic heterocycles.